The quantitative estimate of drug-likeness (QED) is 0.907. The molecule has 1 N–H and O–H groups in total. The first-order valence-electron chi connectivity index (χ1n) is 6.11. The number of rotatable bonds is 3. The third-order valence-corrected chi connectivity index (χ3v) is 2.62. The summed E-state index contributed by atoms with van der Waals surface area (Å²) in [5.41, 5.74) is 1.92. The summed E-state index contributed by atoms with van der Waals surface area (Å²) in [5, 5.41) is 2.32. The molecule has 0 heterocycles. The fraction of sp³-hybridized carbons (Fsp3) is 0.133. The lowest BCUT2D eigenvalue weighted by atomic mass is 10.0. The first kappa shape index (κ1) is 14.9. The van der Waals surface area contributed by atoms with Crippen LogP contribution in [0.3, 0.4) is 0 Å². The monoisotopic (exact) mass is 295 g/mol. The molecule has 0 bridgehead atoms. The van der Waals surface area contributed by atoms with Crippen LogP contribution in [0, 0.1) is 0 Å². The maximum Gasteiger partial charge on any atom is 0.422 e. The third kappa shape index (κ3) is 4.52. The molecule has 2 aromatic carbocycles. The smallest absolute Gasteiger partial charge is 0.422 e. The molecule has 6 heteroatoms. The molecule has 0 aromatic heterocycles. The zero-order valence-electron chi connectivity index (χ0n) is 10.9. The minimum Gasteiger partial charge on any atom is -0.440 e. The summed E-state index contributed by atoms with van der Waals surface area (Å²) in [7, 11) is 0. The first-order chi connectivity index (χ1) is 9.96. The Bertz CT molecular complexity index is 612. The number of ether oxygens (including phenoxy) is 1. The molecule has 0 aliphatic heterocycles. The Labute approximate surface area is 119 Å². The fourth-order valence-corrected chi connectivity index (χ4v) is 1.75. The number of halogens is 3. The highest BCUT2D eigenvalue weighted by Crippen LogP contribution is 2.27. The first-order valence-corrected chi connectivity index (χ1v) is 6.11. The standard InChI is InChI=1S/C15H12F3NO2/c16-15(17,18)10-21-14(20)19-13-9-5-4-8-12(13)11-6-2-1-3-7-11/h1-9H,10H2,(H,19,20). The van der Waals surface area contributed by atoms with Crippen LogP contribution >= 0.6 is 0 Å². The predicted molar refractivity (Wildman–Crippen MR) is 72.9 cm³/mol. The van der Waals surface area contributed by atoms with Gasteiger partial charge in [0.15, 0.2) is 6.61 Å². The van der Waals surface area contributed by atoms with Gasteiger partial charge in [0.05, 0.1) is 5.69 Å². The number of hydrogen-bond donors (Lipinski definition) is 1. The van der Waals surface area contributed by atoms with Crippen LogP contribution in [0.2, 0.25) is 0 Å². The minimum atomic E-state index is -4.55. The van der Waals surface area contributed by atoms with Gasteiger partial charge in [0.1, 0.15) is 0 Å². The number of benzene rings is 2. The molecule has 2 aromatic rings. The summed E-state index contributed by atoms with van der Waals surface area (Å²) in [6, 6.07) is 16.0. The highest BCUT2D eigenvalue weighted by atomic mass is 19.4. The van der Waals surface area contributed by atoms with Crippen molar-refractivity contribution >= 4 is 11.8 Å². The zero-order valence-corrected chi connectivity index (χ0v) is 10.9. The van der Waals surface area contributed by atoms with Crippen molar-refractivity contribution in [1.29, 1.82) is 0 Å². The van der Waals surface area contributed by atoms with Gasteiger partial charge >= 0.3 is 12.3 Å². The molecular weight excluding hydrogens is 283 g/mol. The summed E-state index contributed by atoms with van der Waals surface area (Å²) < 4.78 is 40.1. The summed E-state index contributed by atoms with van der Waals surface area (Å²) in [5.74, 6) is 0. The molecule has 110 valence electrons. The van der Waals surface area contributed by atoms with Crippen molar-refractivity contribution in [3.63, 3.8) is 0 Å². The van der Waals surface area contributed by atoms with Crippen molar-refractivity contribution in [2.45, 2.75) is 6.18 Å². The van der Waals surface area contributed by atoms with Gasteiger partial charge in [-0.1, -0.05) is 48.5 Å². The molecule has 3 nitrogen and oxygen atoms in total. The van der Waals surface area contributed by atoms with Crippen molar-refractivity contribution in [3.8, 4) is 11.1 Å². The van der Waals surface area contributed by atoms with Gasteiger partial charge < -0.3 is 4.74 Å². The Hall–Kier alpha value is -2.50. The number of carbonyl (C=O) groups excluding carboxylic acids is 1. The number of nitrogens with one attached hydrogen (secondary N) is 1. The van der Waals surface area contributed by atoms with E-state index in [2.05, 4.69) is 10.1 Å². The number of hydrogen-bond acceptors (Lipinski definition) is 2. The van der Waals surface area contributed by atoms with E-state index in [0.717, 1.165) is 5.56 Å². The topological polar surface area (TPSA) is 38.3 Å². The van der Waals surface area contributed by atoms with Gasteiger partial charge in [-0.3, -0.25) is 5.32 Å². The van der Waals surface area contributed by atoms with Crippen molar-refractivity contribution in [2.75, 3.05) is 11.9 Å². The fourth-order valence-electron chi connectivity index (χ4n) is 1.75. The molecule has 0 unspecified atom stereocenters. The second kappa shape index (κ2) is 6.30. The van der Waals surface area contributed by atoms with Gasteiger partial charge in [0.2, 0.25) is 0 Å². The molecule has 0 aliphatic carbocycles. The number of carbonyl (C=O) groups is 1. The lowest BCUT2D eigenvalue weighted by Gasteiger charge is -2.12. The number of alkyl halides is 3. The van der Waals surface area contributed by atoms with Crippen LogP contribution in [-0.4, -0.2) is 18.9 Å². The summed E-state index contributed by atoms with van der Waals surface area (Å²) in [4.78, 5) is 11.4. The average molecular weight is 295 g/mol. The SMILES string of the molecule is O=C(Nc1ccccc1-c1ccccc1)OCC(F)(F)F. The van der Waals surface area contributed by atoms with Gasteiger partial charge in [-0.25, -0.2) is 4.79 Å². The normalized spacial score (nSPS) is 11.0. The Kier molecular flexibility index (Phi) is 4.47. The summed E-state index contributed by atoms with van der Waals surface area (Å²) in [6.45, 7) is -1.62. The Balaban J connectivity index is 2.13. The van der Waals surface area contributed by atoms with Gasteiger partial charge in [0.25, 0.3) is 0 Å². The molecule has 21 heavy (non-hydrogen) atoms. The molecule has 1 amide bonds. The van der Waals surface area contributed by atoms with Crippen LogP contribution in [0.1, 0.15) is 0 Å². The van der Waals surface area contributed by atoms with Crippen LogP contribution in [0.15, 0.2) is 54.6 Å². The number of para-hydroxylation sites is 1. The van der Waals surface area contributed by atoms with E-state index in [1.54, 1.807) is 24.3 Å². The highest BCUT2D eigenvalue weighted by Gasteiger charge is 2.29. The Morgan fingerprint density at radius 3 is 2.29 bits per heavy atom. The van der Waals surface area contributed by atoms with Gasteiger partial charge in [-0.15, -0.1) is 0 Å². The van der Waals surface area contributed by atoms with Crippen molar-refractivity contribution < 1.29 is 22.7 Å². The second-order valence-electron chi connectivity index (χ2n) is 4.23. The molecule has 0 saturated heterocycles. The Morgan fingerprint density at radius 1 is 1.00 bits per heavy atom. The molecule has 0 fully saturated rings. The van der Waals surface area contributed by atoms with E-state index in [4.69, 9.17) is 0 Å². The van der Waals surface area contributed by atoms with Crippen LogP contribution < -0.4 is 5.32 Å². The van der Waals surface area contributed by atoms with Crippen LogP contribution in [0.25, 0.3) is 11.1 Å². The van der Waals surface area contributed by atoms with E-state index >= 15 is 0 Å². The molecule has 2 rings (SSSR count). The molecule has 0 radical (unpaired) electrons. The van der Waals surface area contributed by atoms with E-state index in [1.165, 1.54) is 0 Å². The molecule has 0 atom stereocenters. The molecular formula is C15H12F3NO2. The zero-order chi connectivity index (χ0) is 15.3. The van der Waals surface area contributed by atoms with Crippen LogP contribution in [-0.2, 0) is 4.74 Å². The van der Waals surface area contributed by atoms with E-state index < -0.39 is 18.9 Å². The second-order valence-corrected chi connectivity index (χ2v) is 4.23. The minimum absolute atomic E-state index is 0.385. The largest absolute Gasteiger partial charge is 0.440 e. The van der Waals surface area contributed by atoms with Gasteiger partial charge in [0, 0.05) is 5.56 Å². The molecule has 0 saturated carbocycles. The maximum atomic E-state index is 12.0. The van der Waals surface area contributed by atoms with E-state index in [0.29, 0.717) is 11.3 Å². The number of amides is 1. The summed E-state index contributed by atoms with van der Waals surface area (Å²) >= 11 is 0. The highest BCUT2D eigenvalue weighted by molar-refractivity contribution is 5.91. The maximum absolute atomic E-state index is 12.0. The van der Waals surface area contributed by atoms with Gasteiger partial charge in [-0.05, 0) is 11.6 Å². The lowest BCUT2D eigenvalue weighted by Crippen LogP contribution is -2.23. The van der Waals surface area contributed by atoms with Crippen molar-refractivity contribution in [3.05, 3.63) is 54.6 Å². The lowest BCUT2D eigenvalue weighted by molar-refractivity contribution is -0.159. The van der Waals surface area contributed by atoms with Crippen LogP contribution in [0.5, 0.6) is 0 Å². The van der Waals surface area contributed by atoms with Crippen LogP contribution in [0.4, 0.5) is 23.7 Å². The van der Waals surface area contributed by atoms with Crippen molar-refractivity contribution in [2.24, 2.45) is 0 Å². The average Bonchev–Trinajstić information content (AvgIpc) is 2.46. The predicted octanol–water partition coefficient (Wildman–Crippen LogP) is 4.46. The van der Waals surface area contributed by atoms with E-state index in [9.17, 15) is 18.0 Å². The Morgan fingerprint density at radius 2 is 1.62 bits per heavy atom. The van der Waals surface area contributed by atoms with E-state index in [1.807, 2.05) is 30.3 Å². The third-order valence-electron chi connectivity index (χ3n) is 2.62. The number of anilines is 1. The summed E-state index contributed by atoms with van der Waals surface area (Å²) in [6.07, 6.45) is -5.69. The van der Waals surface area contributed by atoms with Gasteiger partial charge in [-0.2, -0.15) is 13.2 Å². The van der Waals surface area contributed by atoms with Crippen molar-refractivity contribution in [1.82, 2.24) is 0 Å². The molecule has 0 spiro atoms. The molecule has 0 aliphatic rings. The van der Waals surface area contributed by atoms with E-state index in [-0.39, 0.29) is 0 Å².